The predicted octanol–water partition coefficient (Wildman–Crippen LogP) is 8.72. The third-order valence-electron chi connectivity index (χ3n) is 10.4. The van der Waals surface area contributed by atoms with Crippen molar-refractivity contribution in [2.75, 3.05) is 13.2 Å². The van der Waals surface area contributed by atoms with E-state index in [-0.39, 0.29) is 26.4 Å². The van der Waals surface area contributed by atoms with Crippen LogP contribution in [0, 0.1) is 34.5 Å². The molecule has 13 heteroatoms. The standard InChI is InChI=1S/C23H25FO5.C12H12O2.C11H15FO4/c1-4-27-21(25)19(24)12-18-20(23(18,2)3)22(26)29-14-16-11-17(28-13-16)10-15-8-6-5-7-9-15;13-8-11-7-12(14-9-11)6-10-4-2-1-3-5-10;1-4-16-10(15)7(12)5-6-8(9(13)14)11(6,2)3/h5-9,11-13,18,20H,4,10,14H2,1-3H3;1-5,7,9,13H,6,8H2;5-6,8H,4H2,1-3H3,(H,13,14)/b19-12-;;7-5-/t18-,20-;;6-,8-/m0.0/s1. The fourth-order valence-corrected chi connectivity index (χ4v) is 6.79. The fourth-order valence-electron chi connectivity index (χ4n) is 6.79. The summed E-state index contributed by atoms with van der Waals surface area (Å²) in [6.07, 6.45) is 6.82. The van der Waals surface area contributed by atoms with E-state index >= 15 is 0 Å². The topological polar surface area (TPSA) is 163 Å². The minimum Gasteiger partial charge on any atom is -0.481 e. The summed E-state index contributed by atoms with van der Waals surface area (Å²) >= 11 is 0. The van der Waals surface area contributed by atoms with Crippen LogP contribution in [0.5, 0.6) is 0 Å². The van der Waals surface area contributed by atoms with Gasteiger partial charge in [-0.25, -0.2) is 9.59 Å². The minimum atomic E-state index is -1.03. The maximum absolute atomic E-state index is 13.9. The van der Waals surface area contributed by atoms with E-state index in [1.54, 1.807) is 40.2 Å². The first-order chi connectivity index (χ1) is 28.0. The molecule has 0 bridgehead atoms. The number of rotatable bonds is 15. The number of aliphatic hydroxyl groups is 1. The molecule has 316 valence electrons. The molecule has 6 rings (SSSR count). The number of benzene rings is 2. The molecule has 2 aliphatic rings. The molecule has 59 heavy (non-hydrogen) atoms. The molecule has 4 aromatic rings. The Balaban J connectivity index is 0.000000216. The quantitative estimate of drug-likeness (QED) is 0.0670. The van der Waals surface area contributed by atoms with Gasteiger partial charge in [0.1, 0.15) is 18.1 Å². The second-order valence-corrected chi connectivity index (χ2v) is 15.4. The van der Waals surface area contributed by atoms with Crippen LogP contribution in [-0.4, -0.2) is 47.3 Å². The summed E-state index contributed by atoms with van der Waals surface area (Å²) in [6, 6.07) is 23.8. The summed E-state index contributed by atoms with van der Waals surface area (Å²) in [6.45, 7) is 10.6. The van der Waals surface area contributed by atoms with Crippen molar-refractivity contribution < 1.29 is 61.2 Å². The zero-order valence-corrected chi connectivity index (χ0v) is 34.1. The first kappa shape index (κ1) is 45.9. The number of allylic oxidation sites excluding steroid dienone is 2. The van der Waals surface area contributed by atoms with Crippen molar-refractivity contribution in [2.45, 2.75) is 67.6 Å². The van der Waals surface area contributed by atoms with Gasteiger partial charge in [-0.2, -0.15) is 8.78 Å². The van der Waals surface area contributed by atoms with Crippen LogP contribution in [0.3, 0.4) is 0 Å². The van der Waals surface area contributed by atoms with E-state index in [1.807, 2.05) is 74.5 Å². The number of aliphatic hydroxyl groups excluding tert-OH is 1. The van der Waals surface area contributed by atoms with Crippen molar-refractivity contribution in [3.63, 3.8) is 0 Å². The number of aliphatic carboxylic acids is 1. The Morgan fingerprint density at radius 2 is 1.08 bits per heavy atom. The minimum absolute atomic E-state index is 0.0400. The Labute approximate surface area is 342 Å². The molecule has 2 N–H and O–H groups in total. The highest BCUT2D eigenvalue weighted by Crippen LogP contribution is 2.60. The Morgan fingerprint density at radius 3 is 1.49 bits per heavy atom. The summed E-state index contributed by atoms with van der Waals surface area (Å²) in [5.74, 6) is -5.73. The number of carbonyl (C=O) groups excluding carboxylic acids is 3. The molecule has 2 aliphatic carbocycles. The van der Waals surface area contributed by atoms with Gasteiger partial charge in [-0.15, -0.1) is 0 Å². The van der Waals surface area contributed by atoms with Crippen LogP contribution in [0.25, 0.3) is 0 Å². The Bertz CT molecular complexity index is 2080. The average molecular weight is 819 g/mol. The van der Waals surface area contributed by atoms with Gasteiger partial charge in [-0.05, 0) is 71.9 Å². The highest BCUT2D eigenvalue weighted by atomic mass is 19.1. The molecule has 2 fully saturated rings. The maximum atomic E-state index is 13.9. The Kier molecular flexibility index (Phi) is 16.1. The Hall–Kier alpha value is -5.82. The van der Waals surface area contributed by atoms with Crippen molar-refractivity contribution in [3.05, 3.63) is 143 Å². The van der Waals surface area contributed by atoms with Gasteiger partial charge >= 0.3 is 23.9 Å². The number of carboxylic acid groups (broad SMARTS) is 1. The van der Waals surface area contributed by atoms with Crippen LogP contribution in [0.15, 0.2) is 118 Å². The lowest BCUT2D eigenvalue weighted by atomic mass is 10.1. The van der Waals surface area contributed by atoms with Gasteiger partial charge in [-0.3, -0.25) is 9.59 Å². The van der Waals surface area contributed by atoms with Crippen molar-refractivity contribution in [3.8, 4) is 0 Å². The molecule has 0 aliphatic heterocycles. The summed E-state index contributed by atoms with van der Waals surface area (Å²) in [5, 5.41) is 17.7. The molecule has 11 nitrogen and oxygen atoms in total. The van der Waals surface area contributed by atoms with E-state index < -0.39 is 70.0 Å². The molecule has 0 unspecified atom stereocenters. The summed E-state index contributed by atoms with van der Waals surface area (Å²) in [4.78, 5) is 45.7. The van der Waals surface area contributed by atoms with Crippen LogP contribution in [0.2, 0.25) is 0 Å². The van der Waals surface area contributed by atoms with Gasteiger partial charge in [0.15, 0.2) is 0 Å². The van der Waals surface area contributed by atoms with Crippen molar-refractivity contribution in [1.82, 2.24) is 0 Å². The van der Waals surface area contributed by atoms with Crippen molar-refractivity contribution >= 4 is 23.9 Å². The molecule has 0 spiro atoms. The number of esters is 3. The highest BCUT2D eigenvalue weighted by Gasteiger charge is 2.62. The van der Waals surface area contributed by atoms with Gasteiger partial charge in [0.05, 0.1) is 44.2 Å². The van der Waals surface area contributed by atoms with Crippen LogP contribution in [-0.2, 0) is 59.4 Å². The number of carbonyl (C=O) groups is 4. The molecule has 2 heterocycles. The van der Waals surface area contributed by atoms with Gasteiger partial charge < -0.3 is 33.3 Å². The highest BCUT2D eigenvalue weighted by molar-refractivity contribution is 5.87. The molecular formula is C46H52F2O11. The molecule has 2 aromatic carbocycles. The fraction of sp³-hybridized carbons (Fsp3) is 0.391. The zero-order chi connectivity index (χ0) is 43.3. The van der Waals surface area contributed by atoms with Crippen molar-refractivity contribution in [2.24, 2.45) is 34.5 Å². The average Bonchev–Trinajstić information content (AvgIpc) is 3.63. The maximum Gasteiger partial charge on any atom is 0.366 e. The number of hydrogen-bond acceptors (Lipinski definition) is 10. The molecule has 0 radical (unpaired) electrons. The normalized spacial score (nSPS) is 19.8. The van der Waals surface area contributed by atoms with E-state index in [0.717, 1.165) is 40.7 Å². The molecule has 2 aromatic heterocycles. The molecule has 2 saturated carbocycles. The van der Waals surface area contributed by atoms with Gasteiger partial charge in [0.2, 0.25) is 11.7 Å². The molecule has 0 saturated heterocycles. The molecular weight excluding hydrogens is 766 g/mol. The number of furan rings is 2. The third-order valence-corrected chi connectivity index (χ3v) is 10.4. The Morgan fingerprint density at radius 1 is 0.661 bits per heavy atom. The summed E-state index contributed by atoms with van der Waals surface area (Å²) in [5.41, 5.74) is 2.95. The van der Waals surface area contributed by atoms with Gasteiger partial charge in [0, 0.05) is 24.0 Å². The summed E-state index contributed by atoms with van der Waals surface area (Å²) < 4.78 is 52.5. The number of hydrogen-bond donors (Lipinski definition) is 2. The lowest BCUT2D eigenvalue weighted by molar-refractivity contribution is -0.147. The number of ether oxygens (including phenoxy) is 3. The zero-order valence-electron chi connectivity index (χ0n) is 34.1. The predicted molar refractivity (Wildman–Crippen MR) is 212 cm³/mol. The largest absolute Gasteiger partial charge is 0.481 e. The van der Waals surface area contributed by atoms with Gasteiger partial charge in [0.25, 0.3) is 0 Å². The van der Waals surface area contributed by atoms with Crippen LogP contribution in [0.1, 0.15) is 75.3 Å². The van der Waals surface area contributed by atoms with E-state index in [2.05, 4.69) is 21.6 Å². The summed E-state index contributed by atoms with van der Waals surface area (Å²) in [7, 11) is 0. The second-order valence-electron chi connectivity index (χ2n) is 15.4. The lowest BCUT2D eigenvalue weighted by Gasteiger charge is -2.03. The molecule has 0 amide bonds. The van der Waals surface area contributed by atoms with E-state index in [0.29, 0.717) is 6.42 Å². The smallest absolute Gasteiger partial charge is 0.366 e. The van der Waals surface area contributed by atoms with E-state index in [4.69, 9.17) is 23.8 Å². The number of carboxylic acids is 1. The second kappa shape index (κ2) is 20.7. The van der Waals surface area contributed by atoms with E-state index in [1.165, 1.54) is 11.6 Å². The number of halogens is 2. The lowest BCUT2D eigenvalue weighted by Crippen LogP contribution is -2.10. The van der Waals surface area contributed by atoms with Crippen molar-refractivity contribution in [1.29, 1.82) is 0 Å². The molecule has 4 atom stereocenters. The first-order valence-corrected chi connectivity index (χ1v) is 19.3. The van der Waals surface area contributed by atoms with Gasteiger partial charge in [-0.1, -0.05) is 88.4 Å². The van der Waals surface area contributed by atoms with Crippen LogP contribution < -0.4 is 0 Å². The third kappa shape index (κ3) is 12.8. The first-order valence-electron chi connectivity index (χ1n) is 19.3. The van der Waals surface area contributed by atoms with E-state index in [9.17, 15) is 28.0 Å². The monoisotopic (exact) mass is 818 g/mol. The van der Waals surface area contributed by atoms with Crippen LogP contribution in [0.4, 0.5) is 8.78 Å². The SMILES string of the molecule is CCOC(=O)/C(F)=C/[C@H]1[C@@H](C(=O)O)C1(C)C.CCOC(=O)/C(F)=C/[C@H]1[C@@H](C(=O)OCc2coc(Cc3ccccc3)c2)C1(C)C.OCc1coc(Cc2ccccc2)c1. The van der Waals surface area contributed by atoms with Crippen LogP contribution >= 0.6 is 0 Å².